The Morgan fingerprint density at radius 2 is 1.56 bits per heavy atom. The molecular weight excluding hydrogens is 328 g/mol. The van der Waals surface area contributed by atoms with E-state index >= 15 is 0 Å². The van der Waals surface area contributed by atoms with Gasteiger partial charge in [0.15, 0.2) is 17.3 Å². The molecule has 7 heteroatoms. The summed E-state index contributed by atoms with van der Waals surface area (Å²) in [5.74, 6) is -2.13. The van der Waals surface area contributed by atoms with E-state index in [1.807, 2.05) is 0 Å². The molecular formula is C18H16O7. The van der Waals surface area contributed by atoms with E-state index in [2.05, 4.69) is 0 Å². The van der Waals surface area contributed by atoms with Gasteiger partial charge < -0.3 is 24.8 Å². The predicted octanol–water partition coefficient (Wildman–Crippen LogP) is 2.71. The van der Waals surface area contributed by atoms with E-state index < -0.39 is 28.8 Å². The zero-order valence-electron chi connectivity index (χ0n) is 13.5. The van der Waals surface area contributed by atoms with Gasteiger partial charge in [0.2, 0.25) is 0 Å². The number of carbonyl (C=O) groups excluding carboxylic acids is 1. The molecule has 0 saturated carbocycles. The fraction of sp³-hybridized carbons (Fsp3) is 0.111. The van der Waals surface area contributed by atoms with E-state index in [0.29, 0.717) is 17.1 Å². The number of benzene rings is 2. The van der Waals surface area contributed by atoms with Crippen molar-refractivity contribution in [1.82, 2.24) is 0 Å². The van der Waals surface area contributed by atoms with Gasteiger partial charge in [0.1, 0.15) is 17.1 Å². The summed E-state index contributed by atoms with van der Waals surface area (Å²) in [6.45, 7) is 0. The Balaban J connectivity index is 2.32. The molecule has 0 radical (unpaired) electrons. The van der Waals surface area contributed by atoms with Gasteiger partial charge in [-0.25, -0.2) is 4.79 Å². The van der Waals surface area contributed by atoms with Crippen LogP contribution in [0.4, 0.5) is 0 Å². The van der Waals surface area contributed by atoms with Crippen molar-refractivity contribution in [3.8, 4) is 23.0 Å². The van der Waals surface area contributed by atoms with Gasteiger partial charge in [-0.1, -0.05) is 12.1 Å². The molecule has 7 nitrogen and oxygen atoms in total. The number of hydrogen-bond acceptors (Lipinski definition) is 6. The van der Waals surface area contributed by atoms with Gasteiger partial charge in [-0.05, 0) is 29.8 Å². The summed E-state index contributed by atoms with van der Waals surface area (Å²) in [5.41, 5.74) is -0.0599. The van der Waals surface area contributed by atoms with Crippen LogP contribution in [0.3, 0.4) is 0 Å². The molecule has 2 aromatic rings. The van der Waals surface area contributed by atoms with Crippen molar-refractivity contribution >= 4 is 17.8 Å². The van der Waals surface area contributed by atoms with Gasteiger partial charge in [-0.15, -0.1) is 0 Å². The first-order valence-electron chi connectivity index (χ1n) is 7.11. The van der Waals surface area contributed by atoms with E-state index in [1.54, 1.807) is 18.2 Å². The number of carbonyl (C=O) groups is 2. The number of phenolic OH excluding ortho intramolecular Hbond substituents is 1. The van der Waals surface area contributed by atoms with Crippen molar-refractivity contribution in [2.45, 2.75) is 0 Å². The van der Waals surface area contributed by atoms with E-state index in [-0.39, 0.29) is 5.56 Å². The molecule has 0 aliphatic rings. The fourth-order valence-corrected chi connectivity index (χ4v) is 2.16. The van der Waals surface area contributed by atoms with Crippen molar-refractivity contribution in [1.29, 1.82) is 0 Å². The van der Waals surface area contributed by atoms with Gasteiger partial charge in [-0.2, -0.15) is 0 Å². The average Bonchev–Trinajstić information content (AvgIpc) is 2.59. The summed E-state index contributed by atoms with van der Waals surface area (Å²) >= 11 is 0. The number of hydrogen-bond donors (Lipinski definition) is 3. The van der Waals surface area contributed by atoms with Crippen LogP contribution in [0.15, 0.2) is 36.4 Å². The normalized spacial score (nSPS) is 10.6. The van der Waals surface area contributed by atoms with Gasteiger partial charge >= 0.3 is 5.97 Å². The summed E-state index contributed by atoms with van der Waals surface area (Å²) in [7, 11) is 2.99. The molecule has 0 unspecified atom stereocenters. The monoisotopic (exact) mass is 344 g/mol. The Morgan fingerprint density at radius 3 is 2.16 bits per heavy atom. The number of phenols is 2. The molecule has 0 aliphatic heterocycles. The molecule has 0 heterocycles. The summed E-state index contributed by atoms with van der Waals surface area (Å²) < 4.78 is 10.3. The lowest BCUT2D eigenvalue weighted by Crippen LogP contribution is -2.02. The summed E-state index contributed by atoms with van der Waals surface area (Å²) in [6.07, 6.45) is 2.66. The molecule has 130 valence electrons. The van der Waals surface area contributed by atoms with Gasteiger partial charge in [0.05, 0.1) is 19.8 Å². The number of ketones is 1. The van der Waals surface area contributed by atoms with Crippen LogP contribution in [0.1, 0.15) is 26.3 Å². The second-order valence-corrected chi connectivity index (χ2v) is 5.00. The van der Waals surface area contributed by atoms with Gasteiger partial charge in [-0.3, -0.25) is 4.79 Å². The fourth-order valence-electron chi connectivity index (χ4n) is 2.16. The maximum absolute atomic E-state index is 12.2. The Bertz CT molecular complexity index is 853. The Kier molecular flexibility index (Phi) is 5.28. The molecule has 25 heavy (non-hydrogen) atoms. The van der Waals surface area contributed by atoms with Crippen LogP contribution in [0, 0.1) is 0 Å². The standard InChI is InChI=1S/C18H16O7/c1-24-16-6-4-10(7-17(16)25-2)3-5-13(19)11-8-12(18(22)23)15(21)9-14(11)20/h3-9,20-21H,1-2H3,(H,22,23)/b5-3+. The first kappa shape index (κ1) is 17.9. The minimum Gasteiger partial charge on any atom is -0.507 e. The van der Waals surface area contributed by atoms with E-state index in [4.69, 9.17) is 14.6 Å². The molecule has 0 spiro atoms. The Morgan fingerprint density at radius 1 is 0.920 bits per heavy atom. The predicted molar refractivity (Wildman–Crippen MR) is 89.6 cm³/mol. The van der Waals surface area contributed by atoms with Crippen LogP contribution in [0.2, 0.25) is 0 Å². The number of ether oxygens (including phenoxy) is 2. The smallest absolute Gasteiger partial charge is 0.339 e. The first-order chi connectivity index (χ1) is 11.9. The number of carboxylic acid groups (broad SMARTS) is 1. The van der Waals surface area contributed by atoms with E-state index in [1.165, 1.54) is 26.4 Å². The highest BCUT2D eigenvalue weighted by Gasteiger charge is 2.17. The molecule has 3 N–H and O–H groups in total. The molecule has 0 fully saturated rings. The average molecular weight is 344 g/mol. The van der Waals surface area contributed by atoms with Crippen molar-refractivity contribution in [3.05, 3.63) is 53.1 Å². The van der Waals surface area contributed by atoms with Crippen molar-refractivity contribution in [2.75, 3.05) is 14.2 Å². The molecule has 2 rings (SSSR count). The number of carboxylic acids is 1. The van der Waals surface area contributed by atoms with Crippen LogP contribution in [-0.2, 0) is 0 Å². The second-order valence-electron chi connectivity index (χ2n) is 5.00. The first-order valence-corrected chi connectivity index (χ1v) is 7.11. The van der Waals surface area contributed by atoms with E-state index in [0.717, 1.165) is 12.1 Å². The van der Waals surface area contributed by atoms with Crippen molar-refractivity contribution < 1.29 is 34.4 Å². The summed E-state index contributed by atoms with van der Waals surface area (Å²) in [6, 6.07) is 6.77. The van der Waals surface area contributed by atoms with Crippen LogP contribution >= 0.6 is 0 Å². The third-order valence-corrected chi connectivity index (χ3v) is 3.44. The molecule has 0 aromatic heterocycles. The lowest BCUT2D eigenvalue weighted by atomic mass is 10.0. The topological polar surface area (TPSA) is 113 Å². The Labute approximate surface area is 143 Å². The SMILES string of the molecule is COc1ccc(/C=C/C(=O)c2cc(C(=O)O)c(O)cc2O)cc1OC. The highest BCUT2D eigenvalue weighted by atomic mass is 16.5. The molecule has 0 bridgehead atoms. The molecule has 2 aromatic carbocycles. The number of aromatic carboxylic acids is 1. The second kappa shape index (κ2) is 7.39. The molecule has 0 aliphatic carbocycles. The highest BCUT2D eigenvalue weighted by Crippen LogP contribution is 2.29. The van der Waals surface area contributed by atoms with E-state index in [9.17, 15) is 19.8 Å². The van der Waals surface area contributed by atoms with Gasteiger partial charge in [0, 0.05) is 6.07 Å². The summed E-state index contributed by atoms with van der Waals surface area (Å²) in [5, 5.41) is 28.2. The number of rotatable bonds is 6. The lowest BCUT2D eigenvalue weighted by molar-refractivity contribution is 0.0693. The molecule has 0 amide bonds. The largest absolute Gasteiger partial charge is 0.507 e. The highest BCUT2D eigenvalue weighted by molar-refractivity contribution is 6.10. The zero-order valence-corrected chi connectivity index (χ0v) is 13.5. The van der Waals surface area contributed by atoms with Gasteiger partial charge in [0.25, 0.3) is 0 Å². The molecule has 0 saturated heterocycles. The Hall–Kier alpha value is -3.48. The summed E-state index contributed by atoms with van der Waals surface area (Å²) in [4.78, 5) is 23.2. The van der Waals surface area contributed by atoms with Crippen LogP contribution < -0.4 is 9.47 Å². The van der Waals surface area contributed by atoms with Crippen molar-refractivity contribution in [3.63, 3.8) is 0 Å². The minimum absolute atomic E-state index is 0.230. The maximum atomic E-state index is 12.2. The van der Waals surface area contributed by atoms with Crippen LogP contribution in [-0.4, -0.2) is 41.3 Å². The number of aromatic hydroxyl groups is 2. The van der Waals surface area contributed by atoms with Crippen molar-refractivity contribution in [2.24, 2.45) is 0 Å². The third kappa shape index (κ3) is 3.89. The quantitative estimate of drug-likeness (QED) is 0.545. The zero-order chi connectivity index (χ0) is 18.6. The third-order valence-electron chi connectivity index (χ3n) is 3.44. The number of allylic oxidation sites excluding steroid dienone is 1. The van der Waals surface area contributed by atoms with Crippen LogP contribution in [0.5, 0.6) is 23.0 Å². The molecule has 0 atom stereocenters. The minimum atomic E-state index is -1.41. The van der Waals surface area contributed by atoms with Crippen LogP contribution in [0.25, 0.3) is 6.08 Å². The maximum Gasteiger partial charge on any atom is 0.339 e. The lowest BCUT2D eigenvalue weighted by Gasteiger charge is -2.07. The number of methoxy groups -OCH3 is 2.